The third-order valence-corrected chi connectivity index (χ3v) is 4.73. The lowest BCUT2D eigenvalue weighted by atomic mass is 9.86. The van der Waals surface area contributed by atoms with Crippen molar-refractivity contribution >= 4 is 11.9 Å². The van der Waals surface area contributed by atoms with Crippen molar-refractivity contribution in [3.05, 3.63) is 77.2 Å². The first-order chi connectivity index (χ1) is 14.0. The zero-order valence-electron chi connectivity index (χ0n) is 15.6. The Morgan fingerprint density at radius 3 is 2.55 bits per heavy atom. The van der Waals surface area contributed by atoms with Crippen LogP contribution in [-0.2, 0) is 11.4 Å². The van der Waals surface area contributed by atoms with Crippen LogP contribution in [-0.4, -0.2) is 24.2 Å². The van der Waals surface area contributed by atoms with Gasteiger partial charge in [-0.15, -0.1) is 0 Å². The number of carboxylic acids is 1. The van der Waals surface area contributed by atoms with Crippen molar-refractivity contribution in [3.8, 4) is 17.2 Å². The lowest BCUT2D eigenvalue weighted by Crippen LogP contribution is -2.21. The highest BCUT2D eigenvalue weighted by atomic mass is 16.5. The summed E-state index contributed by atoms with van der Waals surface area (Å²) < 4.78 is 21.4. The number of esters is 1. The van der Waals surface area contributed by atoms with E-state index in [1.807, 2.05) is 30.3 Å². The first-order valence-electron chi connectivity index (χ1n) is 8.97. The molecular weight excluding hydrogens is 376 g/mol. The summed E-state index contributed by atoms with van der Waals surface area (Å²) in [7, 11) is 1.61. The molecular formula is C22H18O7. The number of furan rings is 1. The molecule has 0 radical (unpaired) electrons. The number of fused-ring (bicyclic) bond motifs is 1. The maximum atomic E-state index is 12.1. The second-order valence-electron chi connectivity index (χ2n) is 6.56. The molecule has 3 aromatic rings. The largest absolute Gasteiger partial charge is 0.497 e. The Labute approximate surface area is 166 Å². The average Bonchev–Trinajstić information content (AvgIpc) is 3.21. The molecule has 1 aromatic heterocycles. The number of aromatic carboxylic acids is 1. The van der Waals surface area contributed by atoms with E-state index in [-0.39, 0.29) is 30.7 Å². The Morgan fingerprint density at radius 1 is 1.10 bits per heavy atom. The predicted molar refractivity (Wildman–Crippen MR) is 102 cm³/mol. The van der Waals surface area contributed by atoms with Crippen LogP contribution in [0.15, 0.2) is 59.0 Å². The summed E-state index contributed by atoms with van der Waals surface area (Å²) in [5.41, 5.74) is 1.89. The first kappa shape index (κ1) is 18.6. The Balaban J connectivity index is 1.54. The standard InChI is InChI=1S/C22H18O7/c1-26-14-4-2-13(3-5-14)18-11-21(23)29-20-10-15(6-8-17(18)20)27-12-16-7-9-19(28-16)22(24)25/h2-10,18H,11-12H2,1H3,(H,24,25). The van der Waals surface area contributed by atoms with Gasteiger partial charge in [0.05, 0.1) is 13.5 Å². The number of hydrogen-bond acceptors (Lipinski definition) is 6. The minimum atomic E-state index is -1.14. The van der Waals surface area contributed by atoms with Crippen molar-refractivity contribution in [3.63, 3.8) is 0 Å². The van der Waals surface area contributed by atoms with Crippen LogP contribution in [0.25, 0.3) is 0 Å². The highest BCUT2D eigenvalue weighted by molar-refractivity contribution is 5.84. The van der Waals surface area contributed by atoms with Crippen LogP contribution in [0, 0.1) is 0 Å². The zero-order chi connectivity index (χ0) is 20.4. The van der Waals surface area contributed by atoms with Gasteiger partial charge >= 0.3 is 11.9 Å². The monoisotopic (exact) mass is 394 g/mol. The van der Waals surface area contributed by atoms with E-state index in [2.05, 4.69) is 0 Å². The maximum absolute atomic E-state index is 12.1. The molecule has 0 amide bonds. The van der Waals surface area contributed by atoms with Gasteiger partial charge in [0.2, 0.25) is 5.76 Å². The zero-order valence-corrected chi connectivity index (χ0v) is 15.6. The molecule has 0 fully saturated rings. The second-order valence-corrected chi connectivity index (χ2v) is 6.56. The van der Waals surface area contributed by atoms with Gasteiger partial charge in [0, 0.05) is 17.5 Å². The molecule has 0 saturated carbocycles. The molecule has 7 heteroatoms. The smallest absolute Gasteiger partial charge is 0.371 e. The minimum absolute atomic E-state index is 0.0575. The normalized spacial score (nSPS) is 15.3. The lowest BCUT2D eigenvalue weighted by molar-refractivity contribution is -0.135. The molecule has 29 heavy (non-hydrogen) atoms. The van der Waals surface area contributed by atoms with Crippen LogP contribution >= 0.6 is 0 Å². The first-order valence-corrected chi connectivity index (χ1v) is 8.97. The fourth-order valence-corrected chi connectivity index (χ4v) is 3.28. The Bertz CT molecular complexity index is 1050. The summed E-state index contributed by atoms with van der Waals surface area (Å²) in [6.45, 7) is 0.0575. The molecule has 148 valence electrons. The van der Waals surface area contributed by atoms with E-state index in [4.69, 9.17) is 23.7 Å². The van der Waals surface area contributed by atoms with Crippen LogP contribution < -0.4 is 14.2 Å². The van der Waals surface area contributed by atoms with Gasteiger partial charge in [-0.3, -0.25) is 4.79 Å². The number of rotatable bonds is 6. The van der Waals surface area contributed by atoms with E-state index in [0.717, 1.165) is 16.9 Å². The van der Waals surface area contributed by atoms with Crippen molar-refractivity contribution in [2.45, 2.75) is 18.9 Å². The van der Waals surface area contributed by atoms with Crippen molar-refractivity contribution in [2.75, 3.05) is 7.11 Å². The molecule has 2 heterocycles. The van der Waals surface area contributed by atoms with E-state index in [0.29, 0.717) is 17.3 Å². The molecule has 0 aliphatic carbocycles. The van der Waals surface area contributed by atoms with Crippen molar-refractivity contribution in [2.24, 2.45) is 0 Å². The molecule has 0 bridgehead atoms. The molecule has 4 rings (SSSR count). The fourth-order valence-electron chi connectivity index (χ4n) is 3.28. The van der Waals surface area contributed by atoms with E-state index >= 15 is 0 Å². The van der Waals surface area contributed by atoms with E-state index in [9.17, 15) is 9.59 Å². The van der Waals surface area contributed by atoms with Crippen molar-refractivity contribution < 1.29 is 33.3 Å². The van der Waals surface area contributed by atoms with Gasteiger partial charge in [-0.25, -0.2) is 4.79 Å². The summed E-state index contributed by atoms with van der Waals surface area (Å²) in [5.74, 6) is 0.354. The lowest BCUT2D eigenvalue weighted by Gasteiger charge is -2.25. The van der Waals surface area contributed by atoms with Gasteiger partial charge in [-0.05, 0) is 35.9 Å². The SMILES string of the molecule is COc1ccc(C2CC(=O)Oc3cc(OCc4ccc(C(=O)O)o4)ccc32)cc1. The maximum Gasteiger partial charge on any atom is 0.371 e. The summed E-state index contributed by atoms with van der Waals surface area (Å²) in [6, 6.07) is 15.8. The molecule has 0 saturated heterocycles. The van der Waals surface area contributed by atoms with Gasteiger partial charge in [0.15, 0.2) is 0 Å². The van der Waals surface area contributed by atoms with Crippen LogP contribution in [0.2, 0.25) is 0 Å². The number of ether oxygens (including phenoxy) is 3. The molecule has 0 spiro atoms. The van der Waals surface area contributed by atoms with Gasteiger partial charge in [0.25, 0.3) is 0 Å². The van der Waals surface area contributed by atoms with Gasteiger partial charge in [0.1, 0.15) is 29.6 Å². The van der Waals surface area contributed by atoms with Crippen LogP contribution in [0.1, 0.15) is 39.8 Å². The third-order valence-electron chi connectivity index (χ3n) is 4.73. The van der Waals surface area contributed by atoms with Gasteiger partial charge in [-0.1, -0.05) is 18.2 Å². The van der Waals surface area contributed by atoms with E-state index in [1.165, 1.54) is 6.07 Å². The third kappa shape index (κ3) is 3.94. The van der Waals surface area contributed by atoms with E-state index in [1.54, 1.807) is 25.3 Å². The van der Waals surface area contributed by atoms with Crippen LogP contribution in [0.5, 0.6) is 17.2 Å². The minimum Gasteiger partial charge on any atom is -0.497 e. The van der Waals surface area contributed by atoms with Gasteiger partial charge in [-0.2, -0.15) is 0 Å². The number of methoxy groups -OCH3 is 1. The highest BCUT2D eigenvalue weighted by Gasteiger charge is 2.29. The highest BCUT2D eigenvalue weighted by Crippen LogP contribution is 2.40. The number of carbonyl (C=O) groups excluding carboxylic acids is 1. The Kier molecular flexibility index (Phi) is 4.95. The van der Waals surface area contributed by atoms with Crippen molar-refractivity contribution in [1.29, 1.82) is 0 Å². The number of benzene rings is 2. The molecule has 1 aliphatic heterocycles. The number of carbonyl (C=O) groups is 2. The summed E-state index contributed by atoms with van der Waals surface area (Å²) in [5, 5.41) is 8.90. The van der Waals surface area contributed by atoms with Gasteiger partial charge < -0.3 is 23.7 Å². The topological polar surface area (TPSA) is 95.2 Å². The van der Waals surface area contributed by atoms with E-state index < -0.39 is 5.97 Å². The number of hydrogen-bond donors (Lipinski definition) is 1. The predicted octanol–water partition coefficient (Wildman–Crippen LogP) is 4.01. The quantitative estimate of drug-likeness (QED) is 0.499. The summed E-state index contributed by atoms with van der Waals surface area (Å²) >= 11 is 0. The molecule has 1 N–H and O–H groups in total. The van der Waals surface area contributed by atoms with Crippen LogP contribution in [0.3, 0.4) is 0 Å². The fraction of sp³-hybridized carbons (Fsp3) is 0.182. The molecule has 1 unspecified atom stereocenters. The Hall–Kier alpha value is -3.74. The molecule has 1 atom stereocenters. The summed E-state index contributed by atoms with van der Waals surface area (Å²) in [4.78, 5) is 23.0. The molecule has 2 aromatic carbocycles. The van der Waals surface area contributed by atoms with Crippen LogP contribution in [0.4, 0.5) is 0 Å². The average molecular weight is 394 g/mol. The van der Waals surface area contributed by atoms with Crippen molar-refractivity contribution in [1.82, 2.24) is 0 Å². The summed E-state index contributed by atoms with van der Waals surface area (Å²) in [6.07, 6.45) is 0.254. The number of carboxylic acid groups (broad SMARTS) is 1. The Morgan fingerprint density at radius 2 is 1.86 bits per heavy atom. The molecule has 7 nitrogen and oxygen atoms in total. The molecule has 1 aliphatic rings. The second kappa shape index (κ2) is 7.71.